The molecule has 0 bridgehead atoms. The van der Waals surface area contributed by atoms with Crippen molar-refractivity contribution < 1.29 is 4.74 Å². The predicted octanol–water partition coefficient (Wildman–Crippen LogP) is 3.29. The number of benzene rings is 1. The molecule has 118 valence electrons. The summed E-state index contributed by atoms with van der Waals surface area (Å²) in [4.78, 5) is 6.41. The first-order valence-electron chi connectivity index (χ1n) is 6.87. The SMILES string of the molecule is CC=CCCNC(=NC)N(C)Cc1ccc(OC)cc1.I. The van der Waals surface area contributed by atoms with Gasteiger partial charge in [0.1, 0.15) is 5.75 Å². The second-order valence-electron chi connectivity index (χ2n) is 4.54. The van der Waals surface area contributed by atoms with Crippen LogP contribution in [-0.2, 0) is 6.54 Å². The number of allylic oxidation sites excluding steroid dienone is 1. The summed E-state index contributed by atoms with van der Waals surface area (Å²) in [6, 6.07) is 8.10. The van der Waals surface area contributed by atoms with Gasteiger partial charge in [-0.2, -0.15) is 0 Å². The Hall–Kier alpha value is -1.24. The van der Waals surface area contributed by atoms with Gasteiger partial charge in [0.25, 0.3) is 0 Å². The van der Waals surface area contributed by atoms with Crippen molar-refractivity contribution in [2.75, 3.05) is 27.7 Å². The first-order chi connectivity index (χ1) is 9.71. The molecule has 0 aliphatic carbocycles. The van der Waals surface area contributed by atoms with E-state index in [0.29, 0.717) is 0 Å². The number of halogens is 1. The first kappa shape index (κ1) is 19.8. The van der Waals surface area contributed by atoms with Crippen molar-refractivity contribution in [3.05, 3.63) is 42.0 Å². The zero-order valence-electron chi connectivity index (χ0n) is 13.3. The van der Waals surface area contributed by atoms with E-state index in [0.717, 1.165) is 31.2 Å². The van der Waals surface area contributed by atoms with Crippen molar-refractivity contribution in [1.29, 1.82) is 0 Å². The third-order valence-corrected chi connectivity index (χ3v) is 2.98. The molecule has 0 fully saturated rings. The summed E-state index contributed by atoms with van der Waals surface area (Å²) >= 11 is 0. The Balaban J connectivity index is 0.00000400. The fourth-order valence-electron chi connectivity index (χ4n) is 1.90. The predicted molar refractivity (Wildman–Crippen MR) is 101 cm³/mol. The van der Waals surface area contributed by atoms with E-state index in [4.69, 9.17) is 4.74 Å². The van der Waals surface area contributed by atoms with E-state index in [1.165, 1.54) is 5.56 Å². The molecule has 0 saturated heterocycles. The van der Waals surface area contributed by atoms with Crippen LogP contribution in [0.4, 0.5) is 0 Å². The molecule has 0 saturated carbocycles. The lowest BCUT2D eigenvalue weighted by molar-refractivity contribution is 0.414. The molecule has 5 heteroatoms. The maximum atomic E-state index is 5.16. The van der Waals surface area contributed by atoms with E-state index in [9.17, 15) is 0 Å². The van der Waals surface area contributed by atoms with Crippen LogP contribution in [0.5, 0.6) is 5.75 Å². The summed E-state index contributed by atoms with van der Waals surface area (Å²) in [5.41, 5.74) is 1.23. The summed E-state index contributed by atoms with van der Waals surface area (Å²) in [5.74, 6) is 1.79. The van der Waals surface area contributed by atoms with Gasteiger partial charge < -0.3 is 15.0 Å². The smallest absolute Gasteiger partial charge is 0.193 e. The van der Waals surface area contributed by atoms with Gasteiger partial charge in [0.2, 0.25) is 0 Å². The number of ether oxygens (including phenoxy) is 1. The Morgan fingerprint density at radius 2 is 2.00 bits per heavy atom. The molecule has 0 radical (unpaired) electrons. The molecule has 0 amide bonds. The van der Waals surface area contributed by atoms with Crippen LogP contribution in [0, 0.1) is 0 Å². The van der Waals surface area contributed by atoms with Gasteiger partial charge in [0, 0.05) is 27.2 Å². The van der Waals surface area contributed by atoms with E-state index in [1.807, 2.05) is 33.2 Å². The number of nitrogens with zero attached hydrogens (tertiary/aromatic N) is 2. The Bertz CT molecular complexity index is 443. The molecule has 1 rings (SSSR count). The summed E-state index contributed by atoms with van der Waals surface area (Å²) in [6.45, 7) is 3.74. The van der Waals surface area contributed by atoms with Crippen molar-refractivity contribution in [2.24, 2.45) is 4.99 Å². The zero-order valence-corrected chi connectivity index (χ0v) is 15.6. The summed E-state index contributed by atoms with van der Waals surface area (Å²) < 4.78 is 5.16. The quantitative estimate of drug-likeness (QED) is 0.261. The number of hydrogen-bond donors (Lipinski definition) is 1. The third-order valence-electron chi connectivity index (χ3n) is 2.98. The number of nitrogens with one attached hydrogen (secondary N) is 1. The van der Waals surface area contributed by atoms with E-state index >= 15 is 0 Å². The topological polar surface area (TPSA) is 36.9 Å². The van der Waals surface area contributed by atoms with Gasteiger partial charge in [-0.05, 0) is 31.0 Å². The van der Waals surface area contributed by atoms with Gasteiger partial charge in [-0.3, -0.25) is 4.99 Å². The van der Waals surface area contributed by atoms with Crippen LogP contribution in [-0.4, -0.2) is 38.6 Å². The van der Waals surface area contributed by atoms with Gasteiger partial charge >= 0.3 is 0 Å². The van der Waals surface area contributed by atoms with E-state index < -0.39 is 0 Å². The number of methoxy groups -OCH3 is 1. The van der Waals surface area contributed by atoms with Gasteiger partial charge in [0.15, 0.2) is 5.96 Å². The maximum Gasteiger partial charge on any atom is 0.193 e. The highest BCUT2D eigenvalue weighted by atomic mass is 127. The van der Waals surface area contributed by atoms with Crippen LogP contribution in [0.1, 0.15) is 18.9 Å². The molecule has 0 aliphatic rings. The highest BCUT2D eigenvalue weighted by Gasteiger charge is 2.05. The number of hydrogen-bond acceptors (Lipinski definition) is 2. The standard InChI is InChI=1S/C16H25N3O.HI/c1-5-6-7-12-18-16(17-2)19(3)13-14-8-10-15(20-4)11-9-14;/h5-6,8-11H,7,12-13H2,1-4H3,(H,17,18);1H. The molecule has 1 N–H and O–H groups in total. The number of aliphatic imine (C=N–C) groups is 1. The monoisotopic (exact) mass is 403 g/mol. The van der Waals surface area contributed by atoms with Crippen molar-refractivity contribution >= 4 is 29.9 Å². The largest absolute Gasteiger partial charge is 0.497 e. The molecule has 0 aliphatic heterocycles. The lowest BCUT2D eigenvalue weighted by Crippen LogP contribution is -2.38. The average molecular weight is 403 g/mol. The van der Waals surface area contributed by atoms with Crippen LogP contribution in [0.15, 0.2) is 41.4 Å². The second kappa shape index (κ2) is 11.4. The molecular weight excluding hydrogens is 377 g/mol. The molecule has 1 aromatic carbocycles. The van der Waals surface area contributed by atoms with Crippen molar-refractivity contribution in [3.8, 4) is 5.75 Å². The molecule has 21 heavy (non-hydrogen) atoms. The zero-order chi connectivity index (χ0) is 14.8. The molecule has 0 unspecified atom stereocenters. The Kier molecular flexibility index (Phi) is 10.7. The molecule has 1 aromatic rings. The van der Waals surface area contributed by atoms with Crippen LogP contribution >= 0.6 is 24.0 Å². The summed E-state index contributed by atoms with van der Waals surface area (Å²) in [6.07, 6.45) is 5.21. The highest BCUT2D eigenvalue weighted by molar-refractivity contribution is 14.0. The fraction of sp³-hybridized carbons (Fsp3) is 0.438. The highest BCUT2D eigenvalue weighted by Crippen LogP contribution is 2.12. The van der Waals surface area contributed by atoms with Crippen molar-refractivity contribution in [1.82, 2.24) is 10.2 Å². The van der Waals surface area contributed by atoms with E-state index in [2.05, 4.69) is 39.5 Å². The second-order valence-corrected chi connectivity index (χ2v) is 4.54. The Labute approximate surface area is 145 Å². The van der Waals surface area contributed by atoms with E-state index in [1.54, 1.807) is 7.11 Å². The summed E-state index contributed by atoms with van der Waals surface area (Å²) in [7, 11) is 5.52. The van der Waals surface area contributed by atoms with E-state index in [-0.39, 0.29) is 24.0 Å². The average Bonchev–Trinajstić information content (AvgIpc) is 2.48. The molecule has 0 spiro atoms. The number of rotatable bonds is 6. The van der Waals surface area contributed by atoms with Crippen molar-refractivity contribution in [2.45, 2.75) is 19.9 Å². The van der Waals surface area contributed by atoms with Gasteiger partial charge in [-0.15, -0.1) is 24.0 Å². The minimum absolute atomic E-state index is 0. The Morgan fingerprint density at radius 1 is 1.33 bits per heavy atom. The lowest BCUT2D eigenvalue weighted by atomic mass is 10.2. The Morgan fingerprint density at radius 3 is 2.52 bits per heavy atom. The molecule has 0 atom stereocenters. The van der Waals surface area contributed by atoms with Gasteiger partial charge in [-0.25, -0.2) is 0 Å². The van der Waals surface area contributed by atoms with Crippen LogP contribution in [0.3, 0.4) is 0 Å². The van der Waals surface area contributed by atoms with Crippen LogP contribution < -0.4 is 10.1 Å². The first-order valence-corrected chi connectivity index (χ1v) is 6.87. The number of guanidine groups is 1. The fourth-order valence-corrected chi connectivity index (χ4v) is 1.90. The minimum Gasteiger partial charge on any atom is -0.497 e. The minimum atomic E-state index is 0. The maximum absolute atomic E-state index is 5.16. The molecule has 0 heterocycles. The van der Waals surface area contributed by atoms with Crippen LogP contribution in [0.2, 0.25) is 0 Å². The normalized spacial score (nSPS) is 11.1. The molecular formula is C16H26IN3O. The summed E-state index contributed by atoms with van der Waals surface area (Å²) in [5, 5.41) is 3.35. The van der Waals surface area contributed by atoms with Crippen LogP contribution in [0.25, 0.3) is 0 Å². The van der Waals surface area contributed by atoms with Gasteiger partial charge in [0.05, 0.1) is 7.11 Å². The van der Waals surface area contributed by atoms with Crippen molar-refractivity contribution in [3.63, 3.8) is 0 Å². The lowest BCUT2D eigenvalue weighted by Gasteiger charge is -2.22. The third kappa shape index (κ3) is 7.36. The van der Waals surface area contributed by atoms with Gasteiger partial charge in [-0.1, -0.05) is 24.3 Å². The molecule has 0 aromatic heterocycles. The molecule has 4 nitrogen and oxygen atoms in total.